The van der Waals surface area contributed by atoms with Crippen molar-refractivity contribution >= 4 is 11.4 Å². The molecule has 0 saturated heterocycles. The van der Waals surface area contributed by atoms with Crippen molar-refractivity contribution in [3.05, 3.63) is 76.2 Å². The Morgan fingerprint density at radius 2 is 1.89 bits per heavy atom. The third-order valence-corrected chi connectivity index (χ3v) is 3.94. The molecule has 0 unspecified atom stereocenters. The Morgan fingerprint density at radius 1 is 1.11 bits per heavy atom. The Balaban J connectivity index is 1.69. The number of pyridine rings is 2. The Kier molecular flexibility index (Phi) is 6.01. The highest BCUT2D eigenvalue weighted by Gasteiger charge is 2.16. The van der Waals surface area contributed by atoms with Crippen LogP contribution in [0, 0.1) is 17.0 Å². The zero-order chi connectivity index (χ0) is 19.9. The first-order chi connectivity index (χ1) is 13.6. The Morgan fingerprint density at radius 3 is 2.57 bits per heavy atom. The number of ether oxygens (including phenoxy) is 2. The number of aryl methyl sites for hydroxylation is 1. The number of nitrogens with zero attached hydrogens (tertiary/aromatic N) is 3. The van der Waals surface area contributed by atoms with Gasteiger partial charge in [-0.05, 0) is 37.1 Å². The van der Waals surface area contributed by atoms with Crippen molar-refractivity contribution in [3.8, 4) is 17.4 Å². The Labute approximate surface area is 162 Å². The van der Waals surface area contributed by atoms with E-state index in [2.05, 4.69) is 15.3 Å². The molecular formula is C20H20N4O4. The summed E-state index contributed by atoms with van der Waals surface area (Å²) < 4.78 is 11.3. The van der Waals surface area contributed by atoms with E-state index in [9.17, 15) is 10.1 Å². The first-order valence-electron chi connectivity index (χ1n) is 8.76. The third-order valence-electron chi connectivity index (χ3n) is 3.94. The number of benzene rings is 1. The first-order valence-corrected chi connectivity index (χ1v) is 8.76. The summed E-state index contributed by atoms with van der Waals surface area (Å²) in [4.78, 5) is 18.9. The lowest BCUT2D eigenvalue weighted by atomic mass is 10.2. The van der Waals surface area contributed by atoms with E-state index in [1.165, 1.54) is 6.20 Å². The maximum atomic E-state index is 11.2. The predicted octanol–water partition coefficient (Wildman–Crippen LogP) is 4.50. The zero-order valence-electron chi connectivity index (χ0n) is 15.6. The number of aromatic nitrogens is 2. The predicted molar refractivity (Wildman–Crippen MR) is 105 cm³/mol. The molecule has 1 N–H and O–H groups in total. The molecule has 1 aromatic carbocycles. The van der Waals surface area contributed by atoms with Gasteiger partial charge in [-0.25, -0.2) is 4.98 Å². The van der Waals surface area contributed by atoms with Crippen LogP contribution >= 0.6 is 0 Å². The average Bonchev–Trinajstić information content (AvgIpc) is 2.69. The fourth-order valence-electron chi connectivity index (χ4n) is 2.61. The van der Waals surface area contributed by atoms with Gasteiger partial charge < -0.3 is 14.8 Å². The van der Waals surface area contributed by atoms with Gasteiger partial charge in [-0.3, -0.25) is 15.1 Å². The molecule has 0 aliphatic heterocycles. The summed E-state index contributed by atoms with van der Waals surface area (Å²) in [6.07, 6.45) is 4.48. The van der Waals surface area contributed by atoms with Gasteiger partial charge in [-0.15, -0.1) is 0 Å². The van der Waals surface area contributed by atoms with Crippen LogP contribution in [0.2, 0.25) is 0 Å². The summed E-state index contributed by atoms with van der Waals surface area (Å²) in [5, 5.41) is 14.3. The number of hydrogen-bond acceptors (Lipinski definition) is 7. The standard InChI is InChI=1S/C20H20N4O4/c1-3-27-17-6-4-5-7-18(17)28-19-9-8-15(11-22-19)12-23-20-14(2)10-21-13-16(20)24(25)26/h4-11,13H,3,12H2,1-2H3,(H,21,23). The number of anilines is 1. The lowest BCUT2D eigenvalue weighted by Gasteiger charge is -2.11. The van der Waals surface area contributed by atoms with E-state index in [1.54, 1.807) is 25.4 Å². The van der Waals surface area contributed by atoms with Crippen LogP contribution in [0.4, 0.5) is 11.4 Å². The number of para-hydroxylation sites is 2. The second-order valence-corrected chi connectivity index (χ2v) is 5.95. The zero-order valence-corrected chi connectivity index (χ0v) is 15.6. The molecule has 0 amide bonds. The van der Waals surface area contributed by atoms with E-state index in [-0.39, 0.29) is 5.69 Å². The lowest BCUT2D eigenvalue weighted by molar-refractivity contribution is -0.384. The smallest absolute Gasteiger partial charge is 0.310 e. The van der Waals surface area contributed by atoms with Gasteiger partial charge in [0, 0.05) is 25.0 Å². The van der Waals surface area contributed by atoms with Crippen LogP contribution < -0.4 is 14.8 Å². The highest BCUT2D eigenvalue weighted by atomic mass is 16.6. The van der Waals surface area contributed by atoms with Gasteiger partial charge >= 0.3 is 5.69 Å². The normalized spacial score (nSPS) is 10.4. The molecule has 2 aromatic heterocycles. The monoisotopic (exact) mass is 380 g/mol. The molecule has 0 atom stereocenters. The second kappa shape index (κ2) is 8.81. The molecule has 0 spiro atoms. The van der Waals surface area contributed by atoms with Crippen molar-refractivity contribution < 1.29 is 14.4 Å². The van der Waals surface area contributed by atoms with Gasteiger partial charge in [-0.1, -0.05) is 18.2 Å². The average molecular weight is 380 g/mol. The summed E-state index contributed by atoms with van der Waals surface area (Å²) >= 11 is 0. The maximum absolute atomic E-state index is 11.2. The molecule has 28 heavy (non-hydrogen) atoms. The van der Waals surface area contributed by atoms with Crippen LogP contribution in [-0.2, 0) is 6.54 Å². The van der Waals surface area contributed by atoms with Crippen molar-refractivity contribution in [2.75, 3.05) is 11.9 Å². The molecule has 0 radical (unpaired) electrons. The molecule has 0 aliphatic carbocycles. The minimum absolute atomic E-state index is 0.0551. The van der Waals surface area contributed by atoms with Gasteiger partial charge in [0.1, 0.15) is 11.9 Å². The molecule has 0 saturated carbocycles. The van der Waals surface area contributed by atoms with Crippen LogP contribution in [0.3, 0.4) is 0 Å². The molecular weight excluding hydrogens is 360 g/mol. The molecule has 3 rings (SSSR count). The topological polar surface area (TPSA) is 99.4 Å². The van der Waals surface area contributed by atoms with Gasteiger partial charge in [0.25, 0.3) is 0 Å². The van der Waals surface area contributed by atoms with Crippen molar-refractivity contribution in [3.63, 3.8) is 0 Å². The minimum atomic E-state index is -0.451. The van der Waals surface area contributed by atoms with Crippen molar-refractivity contribution in [1.29, 1.82) is 0 Å². The van der Waals surface area contributed by atoms with E-state index < -0.39 is 4.92 Å². The van der Waals surface area contributed by atoms with Gasteiger partial charge in [0.05, 0.1) is 11.5 Å². The molecule has 144 valence electrons. The maximum Gasteiger partial charge on any atom is 0.310 e. The van der Waals surface area contributed by atoms with Crippen LogP contribution in [0.1, 0.15) is 18.1 Å². The van der Waals surface area contributed by atoms with E-state index in [0.29, 0.717) is 41.8 Å². The van der Waals surface area contributed by atoms with Crippen molar-refractivity contribution in [2.45, 2.75) is 20.4 Å². The minimum Gasteiger partial charge on any atom is -0.490 e. The SMILES string of the molecule is CCOc1ccccc1Oc1ccc(CNc2c(C)cncc2[N+](=O)[O-])cn1. The van der Waals surface area contributed by atoms with Crippen molar-refractivity contribution in [2.24, 2.45) is 0 Å². The molecule has 0 bridgehead atoms. The van der Waals surface area contributed by atoms with Crippen molar-refractivity contribution in [1.82, 2.24) is 9.97 Å². The summed E-state index contributed by atoms with van der Waals surface area (Å²) in [6, 6.07) is 11.0. The van der Waals surface area contributed by atoms with E-state index in [1.807, 2.05) is 37.3 Å². The lowest BCUT2D eigenvalue weighted by Crippen LogP contribution is -2.05. The Bertz CT molecular complexity index is 961. The molecule has 8 heteroatoms. The fourth-order valence-corrected chi connectivity index (χ4v) is 2.61. The highest BCUT2D eigenvalue weighted by Crippen LogP contribution is 2.30. The summed E-state index contributed by atoms with van der Waals surface area (Å²) in [5.41, 5.74) is 1.96. The van der Waals surface area contributed by atoms with E-state index in [0.717, 1.165) is 5.56 Å². The second-order valence-electron chi connectivity index (χ2n) is 5.95. The molecule has 0 fully saturated rings. The van der Waals surface area contributed by atoms with Gasteiger partial charge in [0.2, 0.25) is 5.88 Å². The fraction of sp³-hybridized carbons (Fsp3) is 0.200. The van der Waals surface area contributed by atoms with E-state index >= 15 is 0 Å². The summed E-state index contributed by atoms with van der Waals surface area (Å²) in [5.74, 6) is 1.67. The number of rotatable bonds is 8. The highest BCUT2D eigenvalue weighted by molar-refractivity contribution is 5.64. The largest absolute Gasteiger partial charge is 0.490 e. The third kappa shape index (κ3) is 4.53. The summed E-state index contributed by atoms with van der Waals surface area (Å²) in [6.45, 7) is 4.60. The molecule has 0 aliphatic rings. The number of hydrogen-bond donors (Lipinski definition) is 1. The van der Waals surface area contributed by atoms with Gasteiger partial charge in [0.15, 0.2) is 11.5 Å². The summed E-state index contributed by atoms with van der Waals surface area (Å²) in [7, 11) is 0. The molecule has 2 heterocycles. The van der Waals surface area contributed by atoms with Crippen LogP contribution in [-0.4, -0.2) is 21.5 Å². The van der Waals surface area contributed by atoms with Crippen LogP contribution in [0.5, 0.6) is 17.4 Å². The number of nitrogens with one attached hydrogen (secondary N) is 1. The molecule has 3 aromatic rings. The van der Waals surface area contributed by atoms with E-state index in [4.69, 9.17) is 9.47 Å². The number of nitro groups is 1. The first kappa shape index (κ1) is 19.1. The molecule has 8 nitrogen and oxygen atoms in total. The Hall–Kier alpha value is -3.68. The van der Waals surface area contributed by atoms with Crippen LogP contribution in [0.25, 0.3) is 0 Å². The quantitative estimate of drug-likeness (QED) is 0.454. The van der Waals surface area contributed by atoms with Crippen LogP contribution in [0.15, 0.2) is 55.0 Å². The van der Waals surface area contributed by atoms with Gasteiger partial charge in [-0.2, -0.15) is 0 Å².